The van der Waals surface area contributed by atoms with Gasteiger partial charge in [0, 0.05) is 0 Å². The Hall–Kier alpha value is -0.0100. The second-order valence-electron chi connectivity index (χ2n) is 5.06. The molecule has 0 unspecified atom stereocenters. The van der Waals surface area contributed by atoms with Crippen LogP contribution in [0.1, 0.15) is 51.9 Å². The molecule has 0 rings (SSSR count). The number of allylic oxidation sites excluding steroid dienone is 1. The highest BCUT2D eigenvalue weighted by Gasteiger charge is 1.98. The Labute approximate surface area is 103 Å². The van der Waals surface area contributed by atoms with Crippen molar-refractivity contribution in [3.8, 4) is 0 Å². The van der Waals surface area contributed by atoms with Crippen LogP contribution >= 0.6 is 0 Å². The quantitative estimate of drug-likeness (QED) is 0.433. The number of nitrogens with zero attached hydrogens (tertiary/aromatic N) is 1. The van der Waals surface area contributed by atoms with E-state index < -0.39 is 0 Å². The van der Waals surface area contributed by atoms with Crippen LogP contribution in [-0.4, -0.2) is 25.6 Å². The van der Waals surface area contributed by atoms with E-state index in [1.807, 2.05) is 0 Å². The van der Waals surface area contributed by atoms with Gasteiger partial charge in [0.25, 0.3) is 0 Å². The van der Waals surface area contributed by atoms with Gasteiger partial charge in [-0.15, -0.1) is 0 Å². The summed E-state index contributed by atoms with van der Waals surface area (Å²) in [5.41, 5.74) is 0. The average molecular weight is 234 g/mol. The van der Waals surface area contributed by atoms with Crippen molar-refractivity contribution in [1.82, 2.24) is 0 Å². The van der Waals surface area contributed by atoms with Crippen LogP contribution in [0.3, 0.4) is 0 Å². The molecule has 0 aliphatic heterocycles. The van der Waals surface area contributed by atoms with Gasteiger partial charge in [-0.25, -0.2) is 0 Å². The van der Waals surface area contributed by atoms with Crippen molar-refractivity contribution in [2.75, 3.05) is 21.1 Å². The molecule has 0 radical (unpaired) electrons. The number of hydrogen-bond donors (Lipinski definition) is 0. The average Bonchev–Trinajstić information content (AvgIpc) is 2.08. The van der Waals surface area contributed by atoms with Crippen molar-refractivity contribution in [2.45, 2.75) is 51.9 Å². The highest BCUT2D eigenvalue weighted by atomic mass is 35.5. The molecule has 0 saturated heterocycles. The first-order valence-corrected chi connectivity index (χ1v) is 6.05. The first-order chi connectivity index (χ1) is 6.56. The van der Waals surface area contributed by atoms with Crippen molar-refractivity contribution in [3.63, 3.8) is 0 Å². The Morgan fingerprint density at radius 1 is 0.867 bits per heavy atom. The van der Waals surface area contributed by atoms with Gasteiger partial charge in [0.1, 0.15) is 0 Å². The second-order valence-corrected chi connectivity index (χ2v) is 5.06. The van der Waals surface area contributed by atoms with Crippen LogP contribution in [0.25, 0.3) is 0 Å². The fraction of sp³-hybridized carbons (Fsp3) is 0.846. The Bertz CT molecular complexity index is 147. The van der Waals surface area contributed by atoms with Crippen LogP contribution in [-0.2, 0) is 0 Å². The number of rotatable bonds is 8. The fourth-order valence-electron chi connectivity index (χ4n) is 1.43. The van der Waals surface area contributed by atoms with Gasteiger partial charge in [-0.3, -0.25) is 0 Å². The molecule has 0 saturated carbocycles. The van der Waals surface area contributed by atoms with Crippen LogP contribution < -0.4 is 12.4 Å². The molecule has 0 N–H and O–H groups in total. The minimum Gasteiger partial charge on any atom is -1.00 e. The first-order valence-electron chi connectivity index (χ1n) is 6.05. The van der Waals surface area contributed by atoms with E-state index in [9.17, 15) is 0 Å². The van der Waals surface area contributed by atoms with Crippen molar-refractivity contribution < 1.29 is 16.9 Å². The molecule has 0 aliphatic rings. The molecule has 2 heteroatoms. The summed E-state index contributed by atoms with van der Waals surface area (Å²) in [6.07, 6.45) is 14.2. The Kier molecular flexibility index (Phi) is 12.2. The summed E-state index contributed by atoms with van der Waals surface area (Å²) >= 11 is 0. The van der Waals surface area contributed by atoms with Gasteiger partial charge in [0.2, 0.25) is 0 Å². The third-order valence-corrected chi connectivity index (χ3v) is 2.28. The molecule has 0 aliphatic carbocycles. The number of unbranched alkanes of at least 4 members (excludes halogenated alkanes) is 6. The summed E-state index contributed by atoms with van der Waals surface area (Å²) in [5, 5.41) is 0. The van der Waals surface area contributed by atoms with Gasteiger partial charge < -0.3 is 16.9 Å². The molecule has 0 aromatic rings. The number of quaternary nitrogens is 1. The Morgan fingerprint density at radius 3 is 1.93 bits per heavy atom. The largest absolute Gasteiger partial charge is 1.00 e. The fourth-order valence-corrected chi connectivity index (χ4v) is 1.43. The van der Waals surface area contributed by atoms with E-state index in [4.69, 9.17) is 0 Å². The monoisotopic (exact) mass is 233 g/mol. The van der Waals surface area contributed by atoms with E-state index in [0.29, 0.717) is 0 Å². The van der Waals surface area contributed by atoms with E-state index in [-0.39, 0.29) is 12.4 Å². The molecule has 0 amide bonds. The lowest BCUT2D eigenvalue weighted by Crippen LogP contribution is -3.00. The second kappa shape index (κ2) is 10.5. The van der Waals surface area contributed by atoms with Gasteiger partial charge in [-0.05, 0) is 18.9 Å². The van der Waals surface area contributed by atoms with Crippen molar-refractivity contribution >= 4 is 0 Å². The minimum absolute atomic E-state index is 0. The van der Waals surface area contributed by atoms with E-state index >= 15 is 0 Å². The third-order valence-electron chi connectivity index (χ3n) is 2.28. The zero-order valence-corrected chi connectivity index (χ0v) is 11.7. The van der Waals surface area contributed by atoms with Crippen molar-refractivity contribution in [1.29, 1.82) is 0 Å². The maximum Gasteiger partial charge on any atom is 0.0911 e. The number of hydrogen-bond acceptors (Lipinski definition) is 0. The normalized spacial score (nSPS) is 11.7. The molecule has 0 fully saturated rings. The predicted molar refractivity (Wildman–Crippen MR) is 65.2 cm³/mol. The van der Waals surface area contributed by atoms with Crippen molar-refractivity contribution in [3.05, 3.63) is 12.3 Å². The molecular formula is C13H28ClN. The highest BCUT2D eigenvalue weighted by molar-refractivity contribution is 4.72. The molecular weight excluding hydrogens is 206 g/mol. The Balaban J connectivity index is 0. The molecule has 0 heterocycles. The maximum atomic E-state index is 2.32. The van der Waals surface area contributed by atoms with Gasteiger partial charge in [-0.2, -0.15) is 0 Å². The molecule has 1 nitrogen and oxygen atoms in total. The Morgan fingerprint density at radius 2 is 1.40 bits per heavy atom. The van der Waals surface area contributed by atoms with Crippen LogP contribution in [0.2, 0.25) is 0 Å². The summed E-state index contributed by atoms with van der Waals surface area (Å²) in [6, 6.07) is 0. The van der Waals surface area contributed by atoms with Crippen LogP contribution in [0.5, 0.6) is 0 Å². The lowest BCUT2D eigenvalue weighted by Gasteiger charge is -2.17. The van der Waals surface area contributed by atoms with Gasteiger partial charge in [-0.1, -0.05) is 39.0 Å². The van der Waals surface area contributed by atoms with Crippen LogP contribution in [0.4, 0.5) is 0 Å². The highest BCUT2D eigenvalue weighted by Crippen LogP contribution is 2.07. The zero-order valence-electron chi connectivity index (χ0n) is 10.9. The smallest absolute Gasteiger partial charge is 0.0911 e. The van der Waals surface area contributed by atoms with E-state index in [0.717, 1.165) is 4.48 Å². The molecule has 0 aromatic carbocycles. The van der Waals surface area contributed by atoms with Gasteiger partial charge in [0.05, 0.1) is 27.3 Å². The van der Waals surface area contributed by atoms with Gasteiger partial charge >= 0.3 is 0 Å². The predicted octanol–water partition coefficient (Wildman–Crippen LogP) is 0.961. The molecule has 92 valence electrons. The summed E-state index contributed by atoms with van der Waals surface area (Å²) in [7, 11) is 6.58. The molecule has 0 spiro atoms. The lowest BCUT2D eigenvalue weighted by molar-refractivity contribution is -0.817. The SMILES string of the molecule is CCCCCCCCC=C[N+](C)(C)C.[Cl-]. The summed E-state index contributed by atoms with van der Waals surface area (Å²) < 4.78 is 0.940. The van der Waals surface area contributed by atoms with E-state index in [1.54, 1.807) is 0 Å². The molecule has 0 atom stereocenters. The summed E-state index contributed by atoms with van der Waals surface area (Å²) in [4.78, 5) is 0. The standard InChI is InChI=1S/C13H28N.ClH/c1-5-6-7-8-9-10-11-12-13-14(2,3)4;/h12-13H,5-11H2,1-4H3;1H/q+1;/p-1. The summed E-state index contributed by atoms with van der Waals surface area (Å²) in [5.74, 6) is 0. The zero-order chi connectivity index (χ0) is 10.9. The van der Waals surface area contributed by atoms with Gasteiger partial charge in [0.15, 0.2) is 0 Å². The van der Waals surface area contributed by atoms with E-state index in [1.165, 1.54) is 44.9 Å². The van der Waals surface area contributed by atoms with Crippen LogP contribution in [0, 0.1) is 0 Å². The summed E-state index contributed by atoms with van der Waals surface area (Å²) in [6.45, 7) is 2.27. The molecule has 0 bridgehead atoms. The van der Waals surface area contributed by atoms with E-state index in [2.05, 4.69) is 40.3 Å². The third kappa shape index (κ3) is 16.7. The van der Waals surface area contributed by atoms with Crippen molar-refractivity contribution in [2.24, 2.45) is 0 Å². The first kappa shape index (κ1) is 17.4. The lowest BCUT2D eigenvalue weighted by atomic mass is 10.1. The number of halogens is 1. The molecule has 0 aromatic heterocycles. The topological polar surface area (TPSA) is 0 Å². The minimum atomic E-state index is 0. The van der Waals surface area contributed by atoms with Crippen LogP contribution in [0.15, 0.2) is 12.3 Å². The maximum absolute atomic E-state index is 2.32. The molecule has 15 heavy (non-hydrogen) atoms.